The molecule has 50 valence electrons. The summed E-state index contributed by atoms with van der Waals surface area (Å²) in [5.41, 5.74) is 1.18. The Labute approximate surface area is 57.0 Å². The maximum Gasteiger partial charge on any atom is 0.0911 e. The zero-order chi connectivity index (χ0) is 7.28. The van der Waals surface area contributed by atoms with Crippen molar-refractivity contribution < 1.29 is 0 Å². The predicted molar refractivity (Wildman–Crippen MR) is 38.8 cm³/mol. The van der Waals surface area contributed by atoms with E-state index in [0.29, 0.717) is 5.92 Å². The van der Waals surface area contributed by atoms with Crippen molar-refractivity contribution in [2.75, 3.05) is 0 Å². The zero-order valence-corrected chi connectivity index (χ0v) is 6.31. The topological polar surface area (TPSA) is 23.8 Å². The molecular formula is C8H13N. The predicted octanol–water partition coefficient (Wildman–Crippen LogP) is 2.50. The maximum atomic E-state index is 8.25. The van der Waals surface area contributed by atoms with E-state index < -0.39 is 0 Å². The standard InChI is InChI=1S/C8H13N/c1-4-7(2)8(3)5-6-9/h5,7H,4H2,1-3H3/b8-5+. The van der Waals surface area contributed by atoms with Crippen molar-refractivity contribution in [3.8, 4) is 6.07 Å². The van der Waals surface area contributed by atoms with Gasteiger partial charge in [0.1, 0.15) is 0 Å². The molecule has 0 aromatic carbocycles. The molecule has 1 unspecified atom stereocenters. The molecule has 0 aliphatic rings. The molecule has 0 saturated heterocycles. The van der Waals surface area contributed by atoms with E-state index in [2.05, 4.69) is 13.8 Å². The molecule has 0 aromatic heterocycles. The van der Waals surface area contributed by atoms with Gasteiger partial charge in [-0.25, -0.2) is 0 Å². The molecule has 0 heterocycles. The normalized spacial score (nSPS) is 14.7. The van der Waals surface area contributed by atoms with Crippen LogP contribution in [0.25, 0.3) is 0 Å². The minimum absolute atomic E-state index is 0.560. The summed E-state index contributed by atoms with van der Waals surface area (Å²) in [5, 5.41) is 8.25. The van der Waals surface area contributed by atoms with Crippen LogP contribution in [-0.2, 0) is 0 Å². The second-order valence-electron chi connectivity index (χ2n) is 2.33. The van der Waals surface area contributed by atoms with Gasteiger partial charge in [-0.15, -0.1) is 0 Å². The Morgan fingerprint density at radius 1 is 1.78 bits per heavy atom. The zero-order valence-electron chi connectivity index (χ0n) is 6.31. The van der Waals surface area contributed by atoms with Crippen LogP contribution in [0.5, 0.6) is 0 Å². The monoisotopic (exact) mass is 123 g/mol. The molecule has 0 spiro atoms. The van der Waals surface area contributed by atoms with Crippen molar-refractivity contribution in [1.82, 2.24) is 0 Å². The third-order valence-corrected chi connectivity index (χ3v) is 1.68. The molecule has 0 N–H and O–H groups in total. The van der Waals surface area contributed by atoms with E-state index in [0.717, 1.165) is 6.42 Å². The molecule has 1 atom stereocenters. The highest BCUT2D eigenvalue weighted by molar-refractivity contribution is 5.12. The minimum atomic E-state index is 0.560. The highest BCUT2D eigenvalue weighted by atomic mass is 14.2. The summed E-state index contributed by atoms with van der Waals surface area (Å²) in [7, 11) is 0. The Bertz CT molecular complexity index is 139. The second kappa shape index (κ2) is 4.14. The van der Waals surface area contributed by atoms with E-state index in [1.54, 1.807) is 6.08 Å². The molecule has 0 amide bonds. The van der Waals surface area contributed by atoms with Crippen molar-refractivity contribution >= 4 is 0 Å². The number of hydrogen-bond acceptors (Lipinski definition) is 1. The molecule has 1 nitrogen and oxygen atoms in total. The molecule has 9 heavy (non-hydrogen) atoms. The minimum Gasteiger partial charge on any atom is -0.193 e. The summed E-state index contributed by atoms with van der Waals surface area (Å²) in [6.45, 7) is 6.25. The van der Waals surface area contributed by atoms with Crippen LogP contribution in [0.3, 0.4) is 0 Å². The lowest BCUT2D eigenvalue weighted by Gasteiger charge is -2.05. The van der Waals surface area contributed by atoms with E-state index in [4.69, 9.17) is 5.26 Å². The fourth-order valence-corrected chi connectivity index (χ4v) is 0.566. The van der Waals surface area contributed by atoms with Crippen LogP contribution in [0.2, 0.25) is 0 Å². The van der Waals surface area contributed by atoms with E-state index in [1.807, 2.05) is 13.0 Å². The summed E-state index contributed by atoms with van der Waals surface area (Å²) in [6, 6.07) is 2.02. The molecule has 0 bridgehead atoms. The largest absolute Gasteiger partial charge is 0.193 e. The Kier molecular flexibility index (Phi) is 3.79. The molecule has 0 aromatic rings. The fourth-order valence-electron chi connectivity index (χ4n) is 0.566. The summed E-state index contributed by atoms with van der Waals surface area (Å²) in [5.74, 6) is 0.560. The first-order valence-electron chi connectivity index (χ1n) is 3.28. The SMILES string of the molecule is CCC(C)/C(C)=C/C#N. The summed E-state index contributed by atoms with van der Waals surface area (Å²) in [6.07, 6.45) is 2.73. The molecule has 0 aliphatic carbocycles. The Balaban J connectivity index is 3.89. The Hall–Kier alpha value is -0.770. The third kappa shape index (κ3) is 2.92. The van der Waals surface area contributed by atoms with Crippen molar-refractivity contribution in [2.24, 2.45) is 5.92 Å². The molecule has 1 heteroatoms. The van der Waals surface area contributed by atoms with Gasteiger partial charge in [-0.05, 0) is 19.3 Å². The van der Waals surface area contributed by atoms with Crippen LogP contribution < -0.4 is 0 Å². The number of rotatable bonds is 2. The first-order valence-corrected chi connectivity index (χ1v) is 3.28. The maximum absolute atomic E-state index is 8.25. The van der Waals surface area contributed by atoms with Gasteiger partial charge >= 0.3 is 0 Å². The van der Waals surface area contributed by atoms with Gasteiger partial charge in [0, 0.05) is 6.08 Å². The lowest BCUT2D eigenvalue weighted by atomic mass is 10.0. The number of hydrogen-bond donors (Lipinski definition) is 0. The van der Waals surface area contributed by atoms with Gasteiger partial charge in [0.05, 0.1) is 6.07 Å². The van der Waals surface area contributed by atoms with E-state index >= 15 is 0 Å². The van der Waals surface area contributed by atoms with E-state index in [-0.39, 0.29) is 0 Å². The van der Waals surface area contributed by atoms with Gasteiger partial charge in [-0.2, -0.15) is 5.26 Å². The van der Waals surface area contributed by atoms with Gasteiger partial charge in [0.2, 0.25) is 0 Å². The van der Waals surface area contributed by atoms with Crippen LogP contribution in [0, 0.1) is 17.2 Å². The first kappa shape index (κ1) is 8.23. The van der Waals surface area contributed by atoms with Crippen LogP contribution in [0.15, 0.2) is 11.6 Å². The lowest BCUT2D eigenvalue weighted by molar-refractivity contribution is 0.656. The van der Waals surface area contributed by atoms with Gasteiger partial charge < -0.3 is 0 Å². The lowest BCUT2D eigenvalue weighted by Crippen LogP contribution is -1.92. The van der Waals surface area contributed by atoms with E-state index in [9.17, 15) is 0 Å². The van der Waals surface area contributed by atoms with Gasteiger partial charge in [-0.3, -0.25) is 0 Å². The fraction of sp³-hybridized carbons (Fsp3) is 0.625. The average molecular weight is 123 g/mol. The second-order valence-corrected chi connectivity index (χ2v) is 2.33. The number of allylic oxidation sites excluding steroid dienone is 2. The average Bonchev–Trinajstić information content (AvgIpc) is 1.87. The van der Waals surface area contributed by atoms with Crippen molar-refractivity contribution in [2.45, 2.75) is 27.2 Å². The van der Waals surface area contributed by atoms with Crippen molar-refractivity contribution in [1.29, 1.82) is 5.26 Å². The van der Waals surface area contributed by atoms with Crippen LogP contribution in [0.4, 0.5) is 0 Å². The van der Waals surface area contributed by atoms with Gasteiger partial charge in [0.25, 0.3) is 0 Å². The molecule has 0 rings (SSSR count). The summed E-state index contributed by atoms with van der Waals surface area (Å²) in [4.78, 5) is 0. The molecule has 0 radical (unpaired) electrons. The first-order chi connectivity index (χ1) is 4.22. The van der Waals surface area contributed by atoms with Crippen molar-refractivity contribution in [3.63, 3.8) is 0 Å². The Morgan fingerprint density at radius 3 is 2.67 bits per heavy atom. The smallest absolute Gasteiger partial charge is 0.0911 e. The number of nitriles is 1. The van der Waals surface area contributed by atoms with Crippen LogP contribution in [-0.4, -0.2) is 0 Å². The Morgan fingerprint density at radius 2 is 2.33 bits per heavy atom. The number of nitrogens with zero attached hydrogens (tertiary/aromatic N) is 1. The van der Waals surface area contributed by atoms with Gasteiger partial charge in [-0.1, -0.05) is 19.4 Å². The quantitative estimate of drug-likeness (QED) is 0.517. The molecule has 0 fully saturated rings. The highest BCUT2D eigenvalue weighted by Crippen LogP contribution is 2.11. The summed E-state index contributed by atoms with van der Waals surface area (Å²) >= 11 is 0. The third-order valence-electron chi connectivity index (χ3n) is 1.68. The van der Waals surface area contributed by atoms with E-state index in [1.165, 1.54) is 5.57 Å². The highest BCUT2D eigenvalue weighted by Gasteiger charge is 1.98. The molecule has 0 saturated carbocycles. The van der Waals surface area contributed by atoms with Crippen molar-refractivity contribution in [3.05, 3.63) is 11.6 Å². The van der Waals surface area contributed by atoms with Crippen LogP contribution in [0.1, 0.15) is 27.2 Å². The molecular weight excluding hydrogens is 110 g/mol. The summed E-state index contributed by atoms with van der Waals surface area (Å²) < 4.78 is 0. The molecule has 0 aliphatic heterocycles. The van der Waals surface area contributed by atoms with Gasteiger partial charge in [0.15, 0.2) is 0 Å². The van der Waals surface area contributed by atoms with Crippen LogP contribution >= 0.6 is 0 Å².